The second-order valence-electron chi connectivity index (χ2n) is 5.11. The van der Waals surface area contributed by atoms with E-state index in [2.05, 4.69) is 30.7 Å². The zero-order valence-corrected chi connectivity index (χ0v) is 12.5. The highest BCUT2D eigenvalue weighted by molar-refractivity contribution is 5.93. The lowest BCUT2D eigenvalue weighted by atomic mass is 10.2. The number of hydrogen-bond acceptors (Lipinski definition) is 5. The fourth-order valence-electron chi connectivity index (χ4n) is 2.35. The molecular formula is C16H13N7O. The van der Waals surface area contributed by atoms with Crippen LogP contribution in [0.15, 0.2) is 54.9 Å². The number of fused-ring (bicyclic) bond motifs is 1. The van der Waals surface area contributed by atoms with Gasteiger partial charge in [-0.1, -0.05) is 12.1 Å². The van der Waals surface area contributed by atoms with Crippen LogP contribution >= 0.6 is 0 Å². The Morgan fingerprint density at radius 3 is 2.92 bits per heavy atom. The van der Waals surface area contributed by atoms with Crippen LogP contribution in [0.25, 0.3) is 17.0 Å². The van der Waals surface area contributed by atoms with E-state index in [1.807, 2.05) is 47.0 Å². The Balaban J connectivity index is 1.48. The average molecular weight is 319 g/mol. The van der Waals surface area contributed by atoms with Gasteiger partial charge in [-0.05, 0) is 30.3 Å². The zero-order chi connectivity index (χ0) is 16.4. The Kier molecular flexibility index (Phi) is 3.47. The second kappa shape index (κ2) is 5.92. The normalized spacial score (nSPS) is 10.8. The van der Waals surface area contributed by atoms with Gasteiger partial charge in [-0.25, -0.2) is 0 Å². The van der Waals surface area contributed by atoms with Gasteiger partial charge in [0.05, 0.1) is 12.2 Å². The minimum Gasteiger partial charge on any atom is -0.343 e. The first-order valence-corrected chi connectivity index (χ1v) is 7.35. The Hall–Kier alpha value is -3.55. The molecule has 0 aromatic carbocycles. The molecule has 8 nitrogen and oxygen atoms in total. The Labute approximate surface area is 136 Å². The number of nitrogens with one attached hydrogen (secondary N) is 2. The molecule has 0 saturated heterocycles. The SMILES string of the molecule is O=C(NCc1nnc2ccccn12)c1cc(-c2ccccn2)n[nH]1. The monoisotopic (exact) mass is 319 g/mol. The first-order valence-electron chi connectivity index (χ1n) is 7.35. The van der Waals surface area contributed by atoms with Gasteiger partial charge in [0.2, 0.25) is 0 Å². The van der Waals surface area contributed by atoms with Crippen molar-refractivity contribution in [3.8, 4) is 11.4 Å². The number of hydrogen-bond donors (Lipinski definition) is 2. The van der Waals surface area contributed by atoms with E-state index in [9.17, 15) is 4.79 Å². The summed E-state index contributed by atoms with van der Waals surface area (Å²) >= 11 is 0. The van der Waals surface area contributed by atoms with Crippen molar-refractivity contribution in [3.63, 3.8) is 0 Å². The van der Waals surface area contributed by atoms with Crippen molar-refractivity contribution in [2.45, 2.75) is 6.54 Å². The lowest BCUT2D eigenvalue weighted by Gasteiger charge is -2.02. The van der Waals surface area contributed by atoms with E-state index < -0.39 is 0 Å². The molecule has 4 aromatic heterocycles. The molecular weight excluding hydrogens is 306 g/mol. The summed E-state index contributed by atoms with van der Waals surface area (Å²) < 4.78 is 1.83. The molecule has 118 valence electrons. The molecule has 0 aliphatic carbocycles. The molecule has 4 aromatic rings. The van der Waals surface area contributed by atoms with Gasteiger partial charge < -0.3 is 5.32 Å². The van der Waals surface area contributed by atoms with Gasteiger partial charge in [0.1, 0.15) is 11.4 Å². The van der Waals surface area contributed by atoms with E-state index in [4.69, 9.17) is 0 Å². The summed E-state index contributed by atoms with van der Waals surface area (Å²) in [5, 5.41) is 17.8. The van der Waals surface area contributed by atoms with Crippen LogP contribution in [0.5, 0.6) is 0 Å². The summed E-state index contributed by atoms with van der Waals surface area (Å²) in [6.45, 7) is 0.266. The molecule has 0 fully saturated rings. The number of amides is 1. The van der Waals surface area contributed by atoms with Crippen LogP contribution in [-0.4, -0.2) is 35.7 Å². The maximum absolute atomic E-state index is 12.3. The lowest BCUT2D eigenvalue weighted by Crippen LogP contribution is -2.24. The van der Waals surface area contributed by atoms with Crippen molar-refractivity contribution in [3.05, 3.63) is 66.4 Å². The van der Waals surface area contributed by atoms with Crippen LogP contribution in [0.1, 0.15) is 16.3 Å². The molecule has 0 aliphatic rings. The molecule has 8 heteroatoms. The summed E-state index contributed by atoms with van der Waals surface area (Å²) in [5.41, 5.74) is 2.43. The van der Waals surface area contributed by atoms with Gasteiger partial charge in [-0.15, -0.1) is 10.2 Å². The van der Waals surface area contributed by atoms with E-state index >= 15 is 0 Å². The number of H-pyrrole nitrogens is 1. The van der Waals surface area contributed by atoms with Crippen molar-refractivity contribution in [2.24, 2.45) is 0 Å². The van der Waals surface area contributed by atoms with Crippen LogP contribution in [-0.2, 0) is 6.54 Å². The largest absolute Gasteiger partial charge is 0.343 e. The summed E-state index contributed by atoms with van der Waals surface area (Å²) in [4.78, 5) is 16.5. The number of rotatable bonds is 4. The smallest absolute Gasteiger partial charge is 0.269 e. The molecule has 0 spiro atoms. The summed E-state index contributed by atoms with van der Waals surface area (Å²) in [7, 11) is 0. The maximum Gasteiger partial charge on any atom is 0.269 e. The minimum absolute atomic E-state index is 0.266. The van der Waals surface area contributed by atoms with Gasteiger partial charge in [-0.2, -0.15) is 5.10 Å². The number of aromatic amines is 1. The fraction of sp³-hybridized carbons (Fsp3) is 0.0625. The molecule has 0 aliphatic heterocycles. The highest BCUT2D eigenvalue weighted by atomic mass is 16.1. The molecule has 24 heavy (non-hydrogen) atoms. The summed E-state index contributed by atoms with van der Waals surface area (Å²) in [5.74, 6) is 0.390. The van der Waals surface area contributed by atoms with Crippen molar-refractivity contribution < 1.29 is 4.79 Å². The van der Waals surface area contributed by atoms with Crippen LogP contribution in [0, 0.1) is 0 Å². The van der Waals surface area contributed by atoms with Crippen LogP contribution in [0.3, 0.4) is 0 Å². The number of pyridine rings is 2. The topological polar surface area (TPSA) is 101 Å². The number of aromatic nitrogens is 6. The van der Waals surface area contributed by atoms with Gasteiger partial charge >= 0.3 is 0 Å². The molecule has 0 unspecified atom stereocenters. The van der Waals surface area contributed by atoms with E-state index in [0.29, 0.717) is 22.9 Å². The number of nitrogens with zero attached hydrogens (tertiary/aromatic N) is 5. The molecule has 0 radical (unpaired) electrons. The van der Waals surface area contributed by atoms with Crippen molar-refractivity contribution >= 4 is 11.6 Å². The third-order valence-corrected chi connectivity index (χ3v) is 3.54. The maximum atomic E-state index is 12.3. The van der Waals surface area contributed by atoms with Crippen molar-refractivity contribution in [1.29, 1.82) is 0 Å². The molecule has 0 saturated carbocycles. The quantitative estimate of drug-likeness (QED) is 0.593. The third-order valence-electron chi connectivity index (χ3n) is 3.54. The number of carbonyl (C=O) groups is 1. The molecule has 0 bridgehead atoms. The summed E-state index contributed by atoms with van der Waals surface area (Å²) in [6.07, 6.45) is 3.53. The molecule has 2 N–H and O–H groups in total. The van der Waals surface area contributed by atoms with Gasteiger partial charge in [0.15, 0.2) is 11.5 Å². The molecule has 0 atom stereocenters. The first kappa shape index (κ1) is 14.1. The highest BCUT2D eigenvalue weighted by Gasteiger charge is 2.12. The average Bonchev–Trinajstić information content (AvgIpc) is 3.28. The molecule has 4 rings (SSSR count). The Morgan fingerprint density at radius 2 is 2.04 bits per heavy atom. The minimum atomic E-state index is -0.266. The van der Waals surface area contributed by atoms with Crippen LogP contribution in [0.2, 0.25) is 0 Å². The van der Waals surface area contributed by atoms with Gasteiger partial charge in [0, 0.05) is 12.4 Å². The first-order chi connectivity index (χ1) is 11.8. The van der Waals surface area contributed by atoms with Gasteiger partial charge in [-0.3, -0.25) is 19.3 Å². The Morgan fingerprint density at radius 1 is 1.12 bits per heavy atom. The standard InChI is InChI=1S/C16H13N7O/c24-16(13-9-12(19-20-13)11-5-1-3-7-17-11)18-10-15-22-21-14-6-2-4-8-23(14)15/h1-9H,10H2,(H,18,24)(H,19,20). The second-order valence-corrected chi connectivity index (χ2v) is 5.11. The van der Waals surface area contributed by atoms with Gasteiger partial charge in [0.25, 0.3) is 5.91 Å². The number of carbonyl (C=O) groups excluding carboxylic acids is 1. The van der Waals surface area contributed by atoms with Crippen LogP contribution < -0.4 is 5.32 Å². The predicted molar refractivity (Wildman–Crippen MR) is 86.0 cm³/mol. The predicted octanol–water partition coefficient (Wildman–Crippen LogP) is 1.44. The van der Waals surface area contributed by atoms with E-state index in [-0.39, 0.29) is 12.5 Å². The molecule has 4 heterocycles. The van der Waals surface area contributed by atoms with E-state index in [0.717, 1.165) is 5.65 Å². The van der Waals surface area contributed by atoms with Crippen molar-refractivity contribution in [2.75, 3.05) is 0 Å². The van der Waals surface area contributed by atoms with E-state index in [1.165, 1.54) is 0 Å². The lowest BCUT2D eigenvalue weighted by molar-refractivity contribution is 0.0944. The van der Waals surface area contributed by atoms with E-state index in [1.54, 1.807) is 12.3 Å². The Bertz CT molecular complexity index is 990. The third kappa shape index (κ3) is 2.60. The van der Waals surface area contributed by atoms with Crippen molar-refractivity contribution in [1.82, 2.24) is 35.1 Å². The van der Waals surface area contributed by atoms with Crippen LogP contribution in [0.4, 0.5) is 0 Å². The zero-order valence-electron chi connectivity index (χ0n) is 12.5. The highest BCUT2D eigenvalue weighted by Crippen LogP contribution is 2.14. The summed E-state index contributed by atoms with van der Waals surface area (Å²) in [6, 6.07) is 12.8. The molecule has 1 amide bonds. The fourth-order valence-corrected chi connectivity index (χ4v) is 2.35.